The molecule has 0 aliphatic carbocycles. The van der Waals surface area contributed by atoms with E-state index in [0.29, 0.717) is 32.5 Å². The fourth-order valence-corrected chi connectivity index (χ4v) is 3.29. The van der Waals surface area contributed by atoms with Gasteiger partial charge in [-0.25, -0.2) is 0 Å². The summed E-state index contributed by atoms with van der Waals surface area (Å²) in [6.07, 6.45) is 2.72. The van der Waals surface area contributed by atoms with Crippen molar-refractivity contribution in [1.82, 2.24) is 4.90 Å². The van der Waals surface area contributed by atoms with E-state index in [1.165, 1.54) is 0 Å². The van der Waals surface area contributed by atoms with Crippen molar-refractivity contribution in [1.29, 1.82) is 0 Å². The lowest BCUT2D eigenvalue weighted by molar-refractivity contribution is -0.149. The molecule has 2 unspecified atom stereocenters. The number of carbonyl (C=O) groups excluding carboxylic acids is 1. The van der Waals surface area contributed by atoms with Crippen LogP contribution >= 0.6 is 0 Å². The van der Waals surface area contributed by atoms with Crippen LogP contribution in [-0.2, 0) is 9.59 Å². The molecule has 3 N–H and O–H groups in total. The lowest BCUT2D eigenvalue weighted by Crippen LogP contribution is -2.42. The van der Waals surface area contributed by atoms with Crippen LogP contribution in [0.4, 0.5) is 0 Å². The molecule has 1 heterocycles. The van der Waals surface area contributed by atoms with Crippen LogP contribution in [0.25, 0.3) is 0 Å². The van der Waals surface area contributed by atoms with E-state index in [1.807, 2.05) is 6.92 Å². The summed E-state index contributed by atoms with van der Waals surface area (Å²) in [5, 5.41) is 9.51. The van der Waals surface area contributed by atoms with Crippen LogP contribution in [0.1, 0.15) is 53.4 Å². The fourth-order valence-electron chi connectivity index (χ4n) is 3.29. The first-order chi connectivity index (χ1) is 9.65. The minimum absolute atomic E-state index is 0.0200. The molecule has 1 amide bonds. The van der Waals surface area contributed by atoms with E-state index in [-0.39, 0.29) is 17.2 Å². The van der Waals surface area contributed by atoms with Crippen LogP contribution < -0.4 is 5.73 Å². The zero-order chi connectivity index (χ0) is 16.3. The summed E-state index contributed by atoms with van der Waals surface area (Å²) in [6, 6.07) is 0. The number of likely N-dealkylation sites (tertiary alicyclic amines) is 1. The van der Waals surface area contributed by atoms with Crippen molar-refractivity contribution in [3.05, 3.63) is 0 Å². The number of nitrogens with two attached hydrogens (primary N) is 1. The second-order valence-electron chi connectivity index (χ2n) is 7.54. The highest BCUT2D eigenvalue weighted by atomic mass is 16.4. The molecule has 1 aliphatic rings. The molecule has 0 radical (unpaired) electrons. The van der Waals surface area contributed by atoms with Gasteiger partial charge in [0.1, 0.15) is 0 Å². The van der Waals surface area contributed by atoms with E-state index in [2.05, 4.69) is 20.8 Å². The second-order valence-corrected chi connectivity index (χ2v) is 7.54. The highest BCUT2D eigenvalue weighted by Gasteiger charge is 2.46. The zero-order valence-electron chi connectivity index (χ0n) is 13.8. The number of hydrogen-bond acceptors (Lipinski definition) is 3. The van der Waals surface area contributed by atoms with Crippen molar-refractivity contribution >= 4 is 11.9 Å². The van der Waals surface area contributed by atoms with Gasteiger partial charge in [0, 0.05) is 19.6 Å². The maximum absolute atomic E-state index is 12.6. The largest absolute Gasteiger partial charge is 0.481 e. The second kappa shape index (κ2) is 6.77. The van der Waals surface area contributed by atoms with Gasteiger partial charge in [-0.15, -0.1) is 0 Å². The van der Waals surface area contributed by atoms with Crippen LogP contribution in [0, 0.1) is 16.7 Å². The molecule has 1 fully saturated rings. The molecule has 1 aliphatic heterocycles. The van der Waals surface area contributed by atoms with Gasteiger partial charge in [0.25, 0.3) is 0 Å². The summed E-state index contributed by atoms with van der Waals surface area (Å²) < 4.78 is 0. The monoisotopic (exact) mass is 298 g/mol. The van der Waals surface area contributed by atoms with Crippen molar-refractivity contribution in [2.75, 3.05) is 19.6 Å². The molecule has 0 aromatic rings. The van der Waals surface area contributed by atoms with Crippen LogP contribution in [0.3, 0.4) is 0 Å². The fraction of sp³-hybridized carbons (Fsp3) is 0.875. The molecule has 5 nitrogen and oxygen atoms in total. The van der Waals surface area contributed by atoms with Gasteiger partial charge < -0.3 is 15.7 Å². The SMILES string of the molecule is CCCC1(C(=O)O)CCN(C(=O)C(CN)CC(C)(C)C)C1. The molecule has 0 aromatic heterocycles. The molecular weight excluding hydrogens is 268 g/mol. The van der Waals surface area contributed by atoms with E-state index in [9.17, 15) is 14.7 Å². The number of rotatable bonds is 6. The number of aliphatic carboxylic acids is 1. The van der Waals surface area contributed by atoms with Crippen molar-refractivity contribution in [3.8, 4) is 0 Å². The summed E-state index contributed by atoms with van der Waals surface area (Å²) in [6.45, 7) is 9.43. The summed E-state index contributed by atoms with van der Waals surface area (Å²) in [5.74, 6) is -0.970. The highest BCUT2D eigenvalue weighted by Crippen LogP contribution is 2.37. The Kier molecular flexibility index (Phi) is 5.79. The number of nitrogens with zero attached hydrogens (tertiary/aromatic N) is 1. The summed E-state index contributed by atoms with van der Waals surface area (Å²) in [5.41, 5.74) is 5.05. The minimum Gasteiger partial charge on any atom is -0.481 e. The topological polar surface area (TPSA) is 83.6 Å². The quantitative estimate of drug-likeness (QED) is 0.786. The average molecular weight is 298 g/mol. The van der Waals surface area contributed by atoms with Gasteiger partial charge in [-0.3, -0.25) is 9.59 Å². The Bertz CT molecular complexity index is 389. The molecule has 0 aromatic carbocycles. The Balaban J connectivity index is 2.78. The molecule has 21 heavy (non-hydrogen) atoms. The summed E-state index contributed by atoms with van der Waals surface area (Å²) in [7, 11) is 0. The van der Waals surface area contributed by atoms with Crippen LogP contribution in [-0.4, -0.2) is 41.5 Å². The summed E-state index contributed by atoms with van der Waals surface area (Å²) >= 11 is 0. The molecule has 0 spiro atoms. The lowest BCUT2D eigenvalue weighted by Gasteiger charge is -2.29. The van der Waals surface area contributed by atoms with E-state index in [0.717, 1.165) is 12.8 Å². The Morgan fingerprint density at radius 1 is 1.38 bits per heavy atom. The maximum atomic E-state index is 12.6. The van der Waals surface area contributed by atoms with E-state index < -0.39 is 11.4 Å². The third-order valence-electron chi connectivity index (χ3n) is 4.34. The van der Waals surface area contributed by atoms with Crippen LogP contribution in [0.2, 0.25) is 0 Å². The standard InChI is InChI=1S/C16H30N2O3/c1-5-6-16(14(20)21)7-8-18(11-16)13(19)12(10-17)9-15(2,3)4/h12H,5-11,17H2,1-4H3,(H,20,21). The number of amides is 1. The highest BCUT2D eigenvalue weighted by molar-refractivity contribution is 5.82. The predicted octanol–water partition coefficient (Wildman–Crippen LogP) is 2.10. The van der Waals surface area contributed by atoms with E-state index in [4.69, 9.17) is 5.73 Å². The Labute approximate surface area is 127 Å². The van der Waals surface area contributed by atoms with Crippen molar-refractivity contribution in [2.45, 2.75) is 53.4 Å². The first kappa shape index (κ1) is 18.0. The van der Waals surface area contributed by atoms with Crippen LogP contribution in [0.5, 0.6) is 0 Å². The molecular formula is C16H30N2O3. The van der Waals surface area contributed by atoms with E-state index >= 15 is 0 Å². The Morgan fingerprint density at radius 3 is 2.43 bits per heavy atom. The van der Waals surface area contributed by atoms with Gasteiger partial charge in [0.2, 0.25) is 5.91 Å². The lowest BCUT2D eigenvalue weighted by atomic mass is 9.82. The first-order valence-corrected chi connectivity index (χ1v) is 7.87. The molecule has 0 bridgehead atoms. The Morgan fingerprint density at radius 2 is 2.00 bits per heavy atom. The van der Waals surface area contributed by atoms with Gasteiger partial charge in [0.05, 0.1) is 11.3 Å². The van der Waals surface area contributed by atoms with Gasteiger partial charge >= 0.3 is 5.97 Å². The molecule has 5 heteroatoms. The van der Waals surface area contributed by atoms with Gasteiger partial charge in [0.15, 0.2) is 0 Å². The zero-order valence-corrected chi connectivity index (χ0v) is 13.8. The molecule has 122 valence electrons. The number of hydrogen-bond donors (Lipinski definition) is 2. The molecule has 1 rings (SSSR count). The van der Waals surface area contributed by atoms with Gasteiger partial charge in [-0.2, -0.15) is 0 Å². The number of carboxylic acids is 1. The minimum atomic E-state index is -0.778. The predicted molar refractivity (Wildman–Crippen MR) is 82.8 cm³/mol. The van der Waals surface area contributed by atoms with Crippen molar-refractivity contribution < 1.29 is 14.7 Å². The van der Waals surface area contributed by atoms with Gasteiger partial charge in [-0.1, -0.05) is 34.1 Å². The molecule has 0 saturated carbocycles. The third kappa shape index (κ3) is 4.43. The van der Waals surface area contributed by atoms with Gasteiger partial charge in [-0.05, 0) is 24.7 Å². The maximum Gasteiger partial charge on any atom is 0.311 e. The first-order valence-electron chi connectivity index (χ1n) is 7.87. The van der Waals surface area contributed by atoms with Crippen LogP contribution in [0.15, 0.2) is 0 Å². The smallest absolute Gasteiger partial charge is 0.311 e. The average Bonchev–Trinajstić information content (AvgIpc) is 2.80. The third-order valence-corrected chi connectivity index (χ3v) is 4.34. The number of carboxylic acid groups (broad SMARTS) is 1. The molecule has 2 atom stereocenters. The summed E-state index contributed by atoms with van der Waals surface area (Å²) in [4.78, 5) is 25.9. The normalized spacial score (nSPS) is 24.1. The Hall–Kier alpha value is -1.10. The van der Waals surface area contributed by atoms with E-state index in [1.54, 1.807) is 4.90 Å². The molecule has 1 saturated heterocycles. The van der Waals surface area contributed by atoms with Crippen molar-refractivity contribution in [2.24, 2.45) is 22.5 Å². The van der Waals surface area contributed by atoms with Crippen molar-refractivity contribution in [3.63, 3.8) is 0 Å². The number of carbonyl (C=O) groups is 2.